The van der Waals surface area contributed by atoms with Gasteiger partial charge in [0.25, 0.3) is 0 Å². The number of nitroso groups, excluding NO2 is 1. The van der Waals surface area contributed by atoms with Crippen LogP contribution in [0.15, 0.2) is 35.6 Å². The van der Waals surface area contributed by atoms with Crippen LogP contribution in [0.3, 0.4) is 0 Å². The molecule has 110 valence electrons. The minimum atomic E-state index is -0.934. The molecule has 1 aromatic carbocycles. The molecular weight excluding hydrogens is 306 g/mol. The average molecular weight is 316 g/mol. The molecule has 0 unspecified atom stereocenters. The summed E-state index contributed by atoms with van der Waals surface area (Å²) in [6.45, 7) is 0. The average Bonchev–Trinajstić information content (AvgIpc) is 2.86. The van der Waals surface area contributed by atoms with Crippen molar-refractivity contribution in [2.45, 2.75) is 6.42 Å². The van der Waals surface area contributed by atoms with Gasteiger partial charge >= 0.3 is 5.91 Å². The van der Waals surface area contributed by atoms with E-state index in [9.17, 15) is 9.70 Å². The van der Waals surface area contributed by atoms with Crippen molar-refractivity contribution < 1.29 is 4.79 Å². The Kier molecular flexibility index (Phi) is 3.64. The third-order valence-corrected chi connectivity index (χ3v) is 3.36. The predicted molar refractivity (Wildman–Crippen MR) is 80.7 cm³/mol. The molecule has 0 aliphatic heterocycles. The van der Waals surface area contributed by atoms with E-state index >= 15 is 0 Å². The highest BCUT2D eigenvalue weighted by atomic mass is 35.5. The summed E-state index contributed by atoms with van der Waals surface area (Å²) in [5.41, 5.74) is 1.78. The largest absolute Gasteiger partial charge is 0.353 e. The quantitative estimate of drug-likeness (QED) is 0.693. The normalized spacial score (nSPS) is 10.8. The summed E-state index contributed by atoms with van der Waals surface area (Å²) < 4.78 is 1.25. The van der Waals surface area contributed by atoms with Crippen LogP contribution in [0.2, 0.25) is 5.02 Å². The van der Waals surface area contributed by atoms with Crippen molar-refractivity contribution in [3.63, 3.8) is 0 Å². The lowest BCUT2D eigenvalue weighted by atomic mass is 10.1. The number of halogens is 1. The van der Waals surface area contributed by atoms with Gasteiger partial charge in [0.05, 0.1) is 10.5 Å². The molecule has 0 aliphatic carbocycles. The Labute approximate surface area is 129 Å². The predicted octanol–water partition coefficient (Wildman–Crippen LogP) is 2.51. The molecular formula is C14H10ClN5O2. The van der Waals surface area contributed by atoms with Crippen molar-refractivity contribution in [3.8, 4) is 0 Å². The van der Waals surface area contributed by atoms with Crippen LogP contribution in [0.4, 0.5) is 0 Å². The van der Waals surface area contributed by atoms with E-state index in [1.54, 1.807) is 13.2 Å². The molecule has 22 heavy (non-hydrogen) atoms. The van der Waals surface area contributed by atoms with Crippen molar-refractivity contribution in [1.82, 2.24) is 19.7 Å². The first kappa shape index (κ1) is 14.3. The molecule has 0 bridgehead atoms. The topological polar surface area (TPSA) is 90.1 Å². The molecule has 1 amide bonds. The Morgan fingerprint density at radius 2 is 2.18 bits per heavy atom. The van der Waals surface area contributed by atoms with E-state index in [4.69, 9.17) is 11.6 Å². The SMILES string of the molecule is Cn1nc(Cc2ccc3ncc(Cl)cc3c2)nc1C(=O)N=O. The summed E-state index contributed by atoms with van der Waals surface area (Å²) in [7, 11) is 1.54. The second-order valence-corrected chi connectivity index (χ2v) is 5.17. The minimum Gasteiger partial charge on any atom is -0.260 e. The van der Waals surface area contributed by atoms with Crippen LogP contribution < -0.4 is 0 Å². The number of pyridine rings is 1. The Bertz CT molecular complexity index is 890. The molecule has 0 saturated heterocycles. The number of aryl methyl sites for hydroxylation is 1. The van der Waals surface area contributed by atoms with Gasteiger partial charge in [-0.1, -0.05) is 17.7 Å². The second kappa shape index (κ2) is 5.61. The first-order valence-electron chi connectivity index (χ1n) is 6.38. The molecule has 8 heteroatoms. The van der Waals surface area contributed by atoms with E-state index in [1.165, 1.54) is 4.68 Å². The molecule has 0 radical (unpaired) electrons. The third-order valence-electron chi connectivity index (χ3n) is 3.16. The summed E-state index contributed by atoms with van der Waals surface area (Å²) in [5, 5.41) is 7.94. The van der Waals surface area contributed by atoms with E-state index in [1.807, 2.05) is 24.3 Å². The molecule has 0 atom stereocenters. The van der Waals surface area contributed by atoms with Crippen molar-refractivity contribution in [1.29, 1.82) is 0 Å². The lowest BCUT2D eigenvalue weighted by Gasteiger charge is -2.01. The van der Waals surface area contributed by atoms with Crippen molar-refractivity contribution >= 4 is 28.4 Å². The maximum absolute atomic E-state index is 11.3. The lowest BCUT2D eigenvalue weighted by Crippen LogP contribution is -2.04. The number of nitrogens with zero attached hydrogens (tertiary/aromatic N) is 5. The van der Waals surface area contributed by atoms with Gasteiger partial charge in [-0.25, -0.2) is 9.67 Å². The van der Waals surface area contributed by atoms with Crippen LogP contribution in [-0.2, 0) is 13.5 Å². The summed E-state index contributed by atoms with van der Waals surface area (Å²) in [6.07, 6.45) is 2.01. The Balaban J connectivity index is 1.93. The zero-order valence-corrected chi connectivity index (χ0v) is 12.3. The number of amides is 1. The molecule has 0 saturated carbocycles. The smallest absolute Gasteiger partial charge is 0.260 e. The van der Waals surface area contributed by atoms with E-state index in [0.29, 0.717) is 17.3 Å². The standard InChI is InChI=1S/C14H10ClN5O2/c1-20-13(14(21)19-22)17-12(18-20)5-8-2-3-11-9(4-8)6-10(15)7-16-11/h2-4,6-7H,5H2,1H3. The van der Waals surface area contributed by atoms with E-state index in [-0.39, 0.29) is 5.82 Å². The molecule has 3 rings (SSSR count). The van der Waals surface area contributed by atoms with Gasteiger partial charge in [-0.2, -0.15) is 5.10 Å². The fourth-order valence-corrected chi connectivity index (χ4v) is 2.35. The van der Waals surface area contributed by atoms with E-state index in [0.717, 1.165) is 16.5 Å². The molecule has 0 spiro atoms. The van der Waals surface area contributed by atoms with Crippen molar-refractivity contribution in [2.24, 2.45) is 12.2 Å². The fourth-order valence-electron chi connectivity index (χ4n) is 2.19. The van der Waals surface area contributed by atoms with Gasteiger partial charge in [-0.15, -0.1) is 4.91 Å². The zero-order chi connectivity index (χ0) is 15.7. The number of aromatic nitrogens is 4. The van der Waals surface area contributed by atoms with E-state index < -0.39 is 5.91 Å². The molecule has 2 heterocycles. The number of hydrogen-bond donors (Lipinski definition) is 0. The lowest BCUT2D eigenvalue weighted by molar-refractivity contribution is 0.0987. The summed E-state index contributed by atoms with van der Waals surface area (Å²) in [5.74, 6) is -0.574. The van der Waals surface area contributed by atoms with Crippen LogP contribution in [0, 0.1) is 4.91 Å². The van der Waals surface area contributed by atoms with Gasteiger partial charge in [-0.3, -0.25) is 9.78 Å². The molecule has 7 nitrogen and oxygen atoms in total. The number of fused-ring (bicyclic) bond motifs is 1. The van der Waals surface area contributed by atoms with Gasteiger partial charge in [0.1, 0.15) is 0 Å². The van der Waals surface area contributed by atoms with Crippen LogP contribution in [-0.4, -0.2) is 25.7 Å². The highest BCUT2D eigenvalue weighted by molar-refractivity contribution is 6.31. The van der Waals surface area contributed by atoms with Gasteiger partial charge in [0.2, 0.25) is 5.82 Å². The maximum Gasteiger partial charge on any atom is 0.353 e. The Morgan fingerprint density at radius 1 is 1.36 bits per heavy atom. The zero-order valence-electron chi connectivity index (χ0n) is 11.5. The van der Waals surface area contributed by atoms with Crippen LogP contribution in [0.25, 0.3) is 10.9 Å². The van der Waals surface area contributed by atoms with Gasteiger partial charge in [-0.05, 0) is 23.8 Å². The summed E-state index contributed by atoms with van der Waals surface area (Å²) in [6, 6.07) is 7.54. The molecule has 0 aliphatic rings. The van der Waals surface area contributed by atoms with Crippen LogP contribution >= 0.6 is 11.6 Å². The Hall–Kier alpha value is -2.67. The van der Waals surface area contributed by atoms with Gasteiger partial charge in [0, 0.05) is 30.2 Å². The second-order valence-electron chi connectivity index (χ2n) is 4.73. The molecule has 2 aromatic heterocycles. The van der Waals surface area contributed by atoms with Gasteiger partial charge < -0.3 is 0 Å². The molecule has 3 aromatic rings. The first-order valence-corrected chi connectivity index (χ1v) is 6.76. The highest BCUT2D eigenvalue weighted by Gasteiger charge is 2.16. The van der Waals surface area contributed by atoms with Crippen LogP contribution in [0.5, 0.6) is 0 Å². The van der Waals surface area contributed by atoms with E-state index in [2.05, 4.69) is 20.2 Å². The van der Waals surface area contributed by atoms with Crippen molar-refractivity contribution in [3.05, 3.63) is 57.6 Å². The summed E-state index contributed by atoms with van der Waals surface area (Å²) in [4.78, 5) is 29.9. The Morgan fingerprint density at radius 3 is 2.95 bits per heavy atom. The third kappa shape index (κ3) is 2.71. The number of carbonyl (C=O) groups excluding carboxylic acids is 1. The molecule has 0 fully saturated rings. The number of hydrogen-bond acceptors (Lipinski definition) is 5. The highest BCUT2D eigenvalue weighted by Crippen LogP contribution is 2.19. The minimum absolute atomic E-state index is 0.0736. The first-order chi connectivity index (χ1) is 10.6. The van der Waals surface area contributed by atoms with Gasteiger partial charge in [0.15, 0.2) is 5.82 Å². The monoisotopic (exact) mass is 315 g/mol. The number of carbonyl (C=O) groups is 1. The maximum atomic E-state index is 11.3. The fraction of sp³-hybridized carbons (Fsp3) is 0.143. The number of rotatable bonds is 3. The van der Waals surface area contributed by atoms with Crippen LogP contribution in [0.1, 0.15) is 22.0 Å². The van der Waals surface area contributed by atoms with Crippen molar-refractivity contribution in [2.75, 3.05) is 0 Å². The molecule has 0 N–H and O–H groups in total. The number of benzene rings is 1. The summed E-state index contributed by atoms with van der Waals surface area (Å²) >= 11 is 5.94.